The van der Waals surface area contributed by atoms with E-state index in [2.05, 4.69) is 25.6 Å². The molecule has 2 atom stereocenters. The van der Waals surface area contributed by atoms with Crippen LogP contribution < -0.4 is 15.4 Å². The molecule has 3 aromatic rings. The Hall–Kier alpha value is -2.74. The molecular weight excluding hydrogens is 323 g/mol. The van der Waals surface area contributed by atoms with Gasteiger partial charge in [0.1, 0.15) is 17.6 Å². The lowest BCUT2D eigenvalue weighted by molar-refractivity contribution is 0.240. The summed E-state index contributed by atoms with van der Waals surface area (Å²) < 4.78 is 21.1. The molecule has 0 aliphatic carbocycles. The van der Waals surface area contributed by atoms with Crippen LogP contribution in [0.15, 0.2) is 36.8 Å². The maximum absolute atomic E-state index is 14.0. The van der Waals surface area contributed by atoms with Crippen LogP contribution in [0.4, 0.5) is 10.3 Å². The van der Waals surface area contributed by atoms with E-state index in [9.17, 15) is 4.39 Å². The van der Waals surface area contributed by atoms with Crippen molar-refractivity contribution in [3.8, 4) is 17.1 Å². The SMILES string of the molecule is COc1ccn2c(-c3ccnc(N[C@H]4CNCC[C@@H]4F)n3)cnc2c1. The third-order valence-corrected chi connectivity index (χ3v) is 4.35. The second kappa shape index (κ2) is 6.64. The number of pyridine rings is 1. The Balaban J connectivity index is 1.63. The van der Waals surface area contributed by atoms with Gasteiger partial charge in [0.05, 0.1) is 30.7 Å². The molecule has 8 heteroatoms. The van der Waals surface area contributed by atoms with E-state index in [0.29, 0.717) is 31.2 Å². The van der Waals surface area contributed by atoms with Crippen LogP contribution in [-0.2, 0) is 0 Å². The molecule has 0 saturated carbocycles. The fourth-order valence-corrected chi connectivity index (χ4v) is 2.98. The molecule has 0 radical (unpaired) electrons. The van der Waals surface area contributed by atoms with Gasteiger partial charge in [-0.1, -0.05) is 0 Å². The molecule has 0 amide bonds. The Morgan fingerprint density at radius 1 is 1.36 bits per heavy atom. The van der Waals surface area contributed by atoms with Crippen molar-refractivity contribution in [3.05, 3.63) is 36.8 Å². The van der Waals surface area contributed by atoms with Crippen molar-refractivity contribution in [1.29, 1.82) is 0 Å². The molecule has 130 valence electrons. The Bertz CT molecular complexity index is 882. The van der Waals surface area contributed by atoms with Crippen molar-refractivity contribution < 1.29 is 9.13 Å². The van der Waals surface area contributed by atoms with Crippen molar-refractivity contribution in [2.45, 2.75) is 18.6 Å². The van der Waals surface area contributed by atoms with Crippen molar-refractivity contribution in [2.24, 2.45) is 0 Å². The summed E-state index contributed by atoms with van der Waals surface area (Å²) in [5.74, 6) is 1.16. The van der Waals surface area contributed by atoms with Gasteiger partial charge in [0, 0.05) is 25.0 Å². The first-order valence-electron chi connectivity index (χ1n) is 8.20. The van der Waals surface area contributed by atoms with Gasteiger partial charge >= 0.3 is 0 Å². The van der Waals surface area contributed by atoms with Crippen molar-refractivity contribution >= 4 is 11.6 Å². The predicted molar refractivity (Wildman–Crippen MR) is 92.6 cm³/mol. The number of hydrogen-bond donors (Lipinski definition) is 2. The summed E-state index contributed by atoms with van der Waals surface area (Å²) >= 11 is 0. The number of aromatic nitrogens is 4. The van der Waals surface area contributed by atoms with Crippen LogP contribution in [0.2, 0.25) is 0 Å². The Kier molecular flexibility index (Phi) is 4.19. The highest BCUT2D eigenvalue weighted by atomic mass is 19.1. The summed E-state index contributed by atoms with van der Waals surface area (Å²) in [7, 11) is 1.62. The fourth-order valence-electron chi connectivity index (χ4n) is 2.98. The van der Waals surface area contributed by atoms with Gasteiger partial charge in [-0.05, 0) is 25.1 Å². The van der Waals surface area contributed by atoms with Crippen LogP contribution in [0.5, 0.6) is 5.75 Å². The van der Waals surface area contributed by atoms with Crippen LogP contribution in [0.3, 0.4) is 0 Å². The molecule has 0 spiro atoms. The molecule has 0 bridgehead atoms. The highest BCUT2D eigenvalue weighted by molar-refractivity contribution is 5.61. The average molecular weight is 342 g/mol. The number of fused-ring (bicyclic) bond motifs is 1. The van der Waals surface area contributed by atoms with E-state index in [1.165, 1.54) is 0 Å². The van der Waals surface area contributed by atoms with Gasteiger partial charge in [0.15, 0.2) is 0 Å². The number of nitrogens with one attached hydrogen (secondary N) is 2. The monoisotopic (exact) mass is 342 g/mol. The summed E-state index contributed by atoms with van der Waals surface area (Å²) in [5.41, 5.74) is 2.32. The highest BCUT2D eigenvalue weighted by Crippen LogP contribution is 2.22. The van der Waals surface area contributed by atoms with Crippen molar-refractivity contribution in [2.75, 3.05) is 25.5 Å². The molecule has 4 rings (SSSR count). The summed E-state index contributed by atoms with van der Waals surface area (Å²) in [6.07, 6.45) is 4.88. The second-order valence-electron chi connectivity index (χ2n) is 5.96. The van der Waals surface area contributed by atoms with Gasteiger partial charge in [-0.3, -0.25) is 4.40 Å². The summed E-state index contributed by atoms with van der Waals surface area (Å²) in [6.45, 7) is 1.26. The molecular formula is C17H19FN6O. The molecule has 1 aliphatic rings. The number of methoxy groups -OCH3 is 1. The van der Waals surface area contributed by atoms with Gasteiger partial charge < -0.3 is 15.4 Å². The molecule has 1 aliphatic heterocycles. The van der Waals surface area contributed by atoms with Gasteiger partial charge in [0.25, 0.3) is 0 Å². The number of alkyl halides is 1. The van der Waals surface area contributed by atoms with Crippen LogP contribution >= 0.6 is 0 Å². The summed E-state index contributed by atoms with van der Waals surface area (Å²) in [4.78, 5) is 13.1. The molecule has 25 heavy (non-hydrogen) atoms. The highest BCUT2D eigenvalue weighted by Gasteiger charge is 2.25. The zero-order chi connectivity index (χ0) is 17.2. The van der Waals surface area contributed by atoms with Crippen LogP contribution in [0.1, 0.15) is 6.42 Å². The largest absolute Gasteiger partial charge is 0.497 e. The third kappa shape index (κ3) is 3.12. The number of piperidine rings is 1. The van der Waals surface area contributed by atoms with E-state index in [-0.39, 0.29) is 6.04 Å². The van der Waals surface area contributed by atoms with Crippen molar-refractivity contribution in [1.82, 2.24) is 24.7 Å². The number of nitrogens with zero attached hydrogens (tertiary/aromatic N) is 4. The van der Waals surface area contributed by atoms with Crippen LogP contribution in [-0.4, -0.2) is 51.8 Å². The molecule has 0 aromatic carbocycles. The molecule has 2 N–H and O–H groups in total. The Morgan fingerprint density at radius 3 is 3.12 bits per heavy atom. The minimum atomic E-state index is -0.906. The zero-order valence-electron chi connectivity index (χ0n) is 13.8. The number of hydrogen-bond acceptors (Lipinski definition) is 6. The first kappa shape index (κ1) is 15.8. The minimum absolute atomic E-state index is 0.324. The van der Waals surface area contributed by atoms with Crippen molar-refractivity contribution in [3.63, 3.8) is 0 Å². The van der Waals surface area contributed by atoms with E-state index in [4.69, 9.17) is 4.74 Å². The van der Waals surface area contributed by atoms with Gasteiger partial charge in [-0.25, -0.2) is 19.3 Å². The molecule has 4 heterocycles. The third-order valence-electron chi connectivity index (χ3n) is 4.35. The van der Waals surface area contributed by atoms with E-state index in [1.807, 2.05) is 28.8 Å². The minimum Gasteiger partial charge on any atom is -0.497 e. The maximum Gasteiger partial charge on any atom is 0.223 e. The van der Waals surface area contributed by atoms with Crippen LogP contribution in [0, 0.1) is 0 Å². The number of halogens is 1. The lowest BCUT2D eigenvalue weighted by Gasteiger charge is -2.27. The average Bonchev–Trinajstić information content (AvgIpc) is 3.07. The van der Waals surface area contributed by atoms with Gasteiger partial charge in [0.2, 0.25) is 5.95 Å². The standard InChI is InChI=1S/C17H19FN6O/c1-25-11-4-7-24-15(10-21-16(24)8-11)13-3-6-20-17(22-13)23-14-9-19-5-2-12(14)18/h3-4,6-8,10,12,14,19H,2,5,9H2,1H3,(H,20,22,23)/t12-,14-/m0/s1. The normalized spacial score (nSPS) is 20.6. The number of anilines is 1. The quantitative estimate of drug-likeness (QED) is 0.754. The topological polar surface area (TPSA) is 76.4 Å². The van der Waals surface area contributed by atoms with E-state index in [1.54, 1.807) is 19.5 Å². The maximum atomic E-state index is 14.0. The number of ether oxygens (including phenoxy) is 1. The molecule has 0 unspecified atom stereocenters. The molecule has 3 aromatic heterocycles. The first-order chi connectivity index (χ1) is 12.2. The van der Waals surface area contributed by atoms with E-state index in [0.717, 1.165) is 17.1 Å². The van der Waals surface area contributed by atoms with E-state index < -0.39 is 6.17 Å². The summed E-state index contributed by atoms with van der Waals surface area (Å²) in [6, 6.07) is 5.20. The zero-order valence-corrected chi connectivity index (χ0v) is 13.8. The summed E-state index contributed by atoms with van der Waals surface area (Å²) in [5, 5.41) is 6.27. The fraction of sp³-hybridized carbons (Fsp3) is 0.353. The number of imidazole rings is 1. The van der Waals surface area contributed by atoms with E-state index >= 15 is 0 Å². The first-order valence-corrected chi connectivity index (χ1v) is 8.20. The molecule has 1 saturated heterocycles. The Morgan fingerprint density at radius 2 is 2.28 bits per heavy atom. The lowest BCUT2D eigenvalue weighted by Crippen LogP contribution is -2.46. The molecule has 1 fully saturated rings. The smallest absolute Gasteiger partial charge is 0.223 e. The van der Waals surface area contributed by atoms with Crippen LogP contribution in [0.25, 0.3) is 17.0 Å². The Labute approximate surface area is 144 Å². The number of rotatable bonds is 4. The predicted octanol–water partition coefficient (Wildman–Crippen LogP) is 1.91. The van der Waals surface area contributed by atoms with Gasteiger partial charge in [-0.15, -0.1) is 0 Å². The molecule has 7 nitrogen and oxygen atoms in total. The second-order valence-corrected chi connectivity index (χ2v) is 5.96. The lowest BCUT2D eigenvalue weighted by atomic mass is 10.1. The van der Waals surface area contributed by atoms with Gasteiger partial charge in [-0.2, -0.15) is 0 Å².